The number of nitrogens with one attached hydrogen (secondary N) is 11. The molecule has 1 aromatic rings. The summed E-state index contributed by atoms with van der Waals surface area (Å²) in [6.07, 6.45) is -1.39. The average molecular weight is 1400 g/mol. The van der Waals surface area contributed by atoms with E-state index in [9.17, 15) is 86.9 Å². The highest BCUT2D eigenvalue weighted by molar-refractivity contribution is 8.77. The maximum Gasteiger partial charge on any atom is 0.305 e. The van der Waals surface area contributed by atoms with Crippen LogP contribution in [0.15, 0.2) is 24.3 Å². The van der Waals surface area contributed by atoms with E-state index in [1.807, 2.05) is 0 Å². The molecule has 0 spiro atoms. The summed E-state index contributed by atoms with van der Waals surface area (Å²) >= 11 is 0. The molecule has 38 heteroatoms. The normalized spacial score (nSPS) is 27.5. The summed E-state index contributed by atoms with van der Waals surface area (Å²) in [5.41, 5.74) is 18.2. The summed E-state index contributed by atoms with van der Waals surface area (Å²) in [4.78, 5) is 223. The fourth-order valence-corrected chi connectivity index (χ4v) is 14.8. The maximum absolute atomic E-state index is 14.7. The number of carbonyl (C=O) groups excluding carboxylic acids is 15. The van der Waals surface area contributed by atoms with Gasteiger partial charge in [-0.2, -0.15) is 0 Å². The SMILES string of the molecule is CC(C)[C@@H]1NC(=O)[C@@H]2CCCN2C(=O)[C@@H](CC(N)=O)NC(=O)[C@@H]2CSSC[C@@H](C(N)=O)NC(=O)CNC(=O)[C@@H](C(C)C)NC(=O)[C@@H]3CCCN3C(=O)[C@@H](CC(=O)O)NC(=O)CNC(=O)[C@H](CSSC[C@@H](NC(=O)[C@@H](N)Cc3ccc(O)cc3)C(=O)N2)NC(=O)[C@H](C)NC1=O. The number of phenols is 1. The topological polar surface area (TPSA) is 530 Å². The van der Waals surface area contributed by atoms with Crippen molar-refractivity contribution in [3.8, 4) is 5.75 Å². The number of carboxylic acids is 1. The molecule has 0 saturated carbocycles. The van der Waals surface area contributed by atoms with Crippen molar-refractivity contribution in [2.75, 3.05) is 49.2 Å². The number of primary amides is 2. The first-order valence-electron chi connectivity index (χ1n) is 30.0. The molecule has 94 heavy (non-hydrogen) atoms. The van der Waals surface area contributed by atoms with Gasteiger partial charge in [-0.05, 0) is 68.6 Å². The van der Waals surface area contributed by atoms with Gasteiger partial charge in [0.25, 0.3) is 0 Å². The zero-order valence-corrected chi connectivity index (χ0v) is 55.5. The monoisotopic (exact) mass is 1390 g/mol. The summed E-state index contributed by atoms with van der Waals surface area (Å²) in [6, 6.07) is -12.4. The van der Waals surface area contributed by atoms with E-state index in [4.69, 9.17) is 17.2 Å². The molecule has 5 rings (SSSR count). The molecule has 19 N–H and O–H groups in total. The van der Waals surface area contributed by atoms with Gasteiger partial charge < -0.3 is 95.7 Å². The van der Waals surface area contributed by atoms with Gasteiger partial charge in [0.05, 0.1) is 32.0 Å². The van der Waals surface area contributed by atoms with Crippen molar-refractivity contribution in [2.45, 2.75) is 152 Å². The second kappa shape index (κ2) is 36.5. The number of hydrogen-bond acceptors (Lipinski definition) is 22. The number of carboxylic acid groups (broad SMARTS) is 1. The number of nitrogens with zero attached hydrogens (tertiary/aromatic N) is 2. The van der Waals surface area contributed by atoms with Gasteiger partial charge in [-0.15, -0.1) is 0 Å². The van der Waals surface area contributed by atoms with Gasteiger partial charge in [-0.1, -0.05) is 83.0 Å². The van der Waals surface area contributed by atoms with Crippen LogP contribution in [0.1, 0.15) is 78.7 Å². The number of aliphatic carboxylic acids is 1. The molecule has 0 aromatic heterocycles. The summed E-state index contributed by atoms with van der Waals surface area (Å²) in [7, 11) is 3.36. The van der Waals surface area contributed by atoms with Crippen molar-refractivity contribution in [3.05, 3.63) is 29.8 Å². The van der Waals surface area contributed by atoms with Crippen LogP contribution in [-0.4, -0.2) is 236 Å². The molecule has 0 radical (unpaired) electrons. The molecule has 518 valence electrons. The minimum Gasteiger partial charge on any atom is -0.508 e. The van der Waals surface area contributed by atoms with E-state index in [0.29, 0.717) is 5.56 Å². The summed E-state index contributed by atoms with van der Waals surface area (Å²) in [6.45, 7) is 5.70. The van der Waals surface area contributed by atoms with Crippen LogP contribution in [0.25, 0.3) is 0 Å². The molecule has 4 aliphatic rings. The minimum absolute atomic E-state index is 0.0408. The number of benzene rings is 1. The number of rotatable bonds is 11. The van der Waals surface area contributed by atoms with Gasteiger partial charge in [-0.3, -0.25) is 76.7 Å². The first-order chi connectivity index (χ1) is 44.3. The van der Waals surface area contributed by atoms with Gasteiger partial charge in [0.1, 0.15) is 72.2 Å². The first kappa shape index (κ1) is 76.6. The number of phenolic OH excluding ortho intramolecular Hbond substituents is 1. The molecular weight excluding hydrogens is 1310 g/mol. The second-order valence-corrected chi connectivity index (χ2v) is 28.4. The predicted octanol–water partition coefficient (Wildman–Crippen LogP) is -6.20. The van der Waals surface area contributed by atoms with Gasteiger partial charge in [0, 0.05) is 36.1 Å². The summed E-state index contributed by atoms with van der Waals surface area (Å²) < 4.78 is 0. The van der Waals surface area contributed by atoms with E-state index in [1.165, 1.54) is 31.2 Å². The Morgan fingerprint density at radius 2 is 1.06 bits per heavy atom. The zero-order chi connectivity index (χ0) is 69.7. The Hall–Kier alpha value is -8.10. The second-order valence-electron chi connectivity index (χ2n) is 23.3. The highest BCUT2D eigenvalue weighted by Crippen LogP contribution is 2.27. The van der Waals surface area contributed by atoms with Crippen LogP contribution in [-0.2, 0) is 83.1 Å². The Morgan fingerprint density at radius 3 is 1.60 bits per heavy atom. The number of aromatic hydroxyl groups is 1. The van der Waals surface area contributed by atoms with Crippen LogP contribution in [0.4, 0.5) is 0 Å². The van der Waals surface area contributed by atoms with E-state index < -0.39 is 222 Å². The van der Waals surface area contributed by atoms with Crippen molar-refractivity contribution in [1.29, 1.82) is 0 Å². The van der Waals surface area contributed by atoms with Gasteiger partial charge in [0.15, 0.2) is 0 Å². The standard InChI is InChI=1S/C56H82N16O18S4/c1-25(2)43-53(87)61-20-41(76)64-33(45(59)79)21-91-93-24-36-49(83)65-31(17-39(58)74)55(89)71-14-6-9-38(71)52(86)70-44(26(3)4)54(88)62-27(5)46(80)66-34(22-92-94-23-35(50(84)68-36)67-47(81)30(57)16-28-10-12-29(73)13-11-28)48(82)60-19-40(75)63-32(18-42(77)78)56(90)72-15-7-8-37(72)51(85)69-43/h10-13,25-27,30-38,43-44,73H,6-9,14-24,57H2,1-5H3,(H2,58,74)(H2,59,79)(H,60,82)(H,61,87)(H,62,88)(H,63,75)(H,64,76)(H,65,83)(H,66,80)(H,67,81)(H,68,84)(H,69,85)(H,70,86)(H,77,78)/t27-,30-,31+,32+,33-,34-,35+,36-,37-,38-,43+,44-/m0/s1. The van der Waals surface area contributed by atoms with Crippen LogP contribution in [0.3, 0.4) is 0 Å². The van der Waals surface area contributed by atoms with Gasteiger partial charge >= 0.3 is 5.97 Å². The molecule has 2 bridgehead atoms. The molecule has 1 aromatic carbocycles. The summed E-state index contributed by atoms with van der Waals surface area (Å²) in [5, 5.41) is 46.9. The molecule has 4 fully saturated rings. The lowest BCUT2D eigenvalue weighted by atomic mass is 10.0. The molecule has 34 nitrogen and oxygen atoms in total. The molecule has 0 unspecified atom stereocenters. The van der Waals surface area contributed by atoms with E-state index in [2.05, 4.69) is 58.5 Å². The van der Waals surface area contributed by atoms with E-state index in [-0.39, 0.29) is 56.7 Å². The third-order valence-corrected chi connectivity index (χ3v) is 20.1. The summed E-state index contributed by atoms with van der Waals surface area (Å²) in [5.74, 6) is -19.1. The van der Waals surface area contributed by atoms with Crippen LogP contribution in [0.2, 0.25) is 0 Å². The highest BCUT2D eigenvalue weighted by atomic mass is 33.1. The van der Waals surface area contributed by atoms with E-state index >= 15 is 0 Å². The Bertz CT molecular complexity index is 3020. The Morgan fingerprint density at radius 1 is 0.574 bits per heavy atom. The predicted molar refractivity (Wildman–Crippen MR) is 343 cm³/mol. The van der Waals surface area contributed by atoms with Gasteiger partial charge in [-0.25, -0.2) is 0 Å². The lowest BCUT2D eigenvalue weighted by Crippen LogP contribution is -2.61. The van der Waals surface area contributed by atoms with Crippen molar-refractivity contribution < 1.29 is 86.9 Å². The molecule has 4 aliphatic heterocycles. The Kier molecular flexibility index (Phi) is 29.8. The fraction of sp³-hybridized carbons (Fsp3) is 0.607. The van der Waals surface area contributed by atoms with Crippen molar-refractivity contribution in [2.24, 2.45) is 29.0 Å². The maximum atomic E-state index is 14.7. The largest absolute Gasteiger partial charge is 0.508 e. The number of carbonyl (C=O) groups is 16. The number of fused-ring (bicyclic) bond motifs is 10. The van der Waals surface area contributed by atoms with E-state index in [0.717, 1.165) is 53.0 Å². The van der Waals surface area contributed by atoms with Crippen LogP contribution >= 0.6 is 43.2 Å². The van der Waals surface area contributed by atoms with Crippen molar-refractivity contribution >= 4 is 138 Å². The van der Waals surface area contributed by atoms with E-state index in [1.54, 1.807) is 27.7 Å². The van der Waals surface area contributed by atoms with Crippen molar-refractivity contribution in [1.82, 2.24) is 68.3 Å². The molecule has 4 saturated heterocycles. The highest BCUT2D eigenvalue weighted by Gasteiger charge is 2.43. The third kappa shape index (κ3) is 23.1. The molecular formula is C56H82N16O18S4. The molecule has 12 atom stereocenters. The molecule has 4 heterocycles. The fourth-order valence-electron chi connectivity index (χ4n) is 10.1. The van der Waals surface area contributed by atoms with Gasteiger partial charge in [0.2, 0.25) is 88.6 Å². The van der Waals surface area contributed by atoms with Crippen LogP contribution < -0.4 is 75.7 Å². The van der Waals surface area contributed by atoms with Crippen LogP contribution in [0, 0.1) is 11.8 Å². The van der Waals surface area contributed by atoms with Crippen molar-refractivity contribution in [3.63, 3.8) is 0 Å². The number of hydrogen-bond donors (Lipinski definition) is 16. The quantitative estimate of drug-likeness (QED) is 0.0917. The number of amides is 15. The minimum atomic E-state index is -1.82. The number of nitrogens with two attached hydrogens (primary N) is 3. The smallest absolute Gasteiger partial charge is 0.305 e. The first-order valence-corrected chi connectivity index (χ1v) is 35.0. The van der Waals surface area contributed by atoms with Crippen LogP contribution in [0.5, 0.6) is 5.75 Å². The zero-order valence-electron chi connectivity index (χ0n) is 52.2. The Balaban J connectivity index is 1.60. The average Bonchev–Trinajstić information content (AvgIpc) is 1.62. The molecule has 15 amide bonds. The lowest BCUT2D eigenvalue weighted by molar-refractivity contribution is -0.146. The third-order valence-electron chi connectivity index (χ3n) is 15.2. The Labute approximate surface area is 556 Å². The molecule has 0 aliphatic carbocycles. The lowest BCUT2D eigenvalue weighted by Gasteiger charge is -2.31.